The van der Waals surface area contributed by atoms with Gasteiger partial charge < -0.3 is 15.3 Å². The van der Waals surface area contributed by atoms with E-state index in [0.29, 0.717) is 6.54 Å². The fourth-order valence-electron chi connectivity index (χ4n) is 1.81. The van der Waals surface area contributed by atoms with Gasteiger partial charge in [-0.15, -0.1) is 0 Å². The molecule has 0 aliphatic rings. The lowest BCUT2D eigenvalue weighted by atomic mass is 10.2. The molecule has 0 radical (unpaired) electrons. The summed E-state index contributed by atoms with van der Waals surface area (Å²) < 4.78 is 0. The number of rotatable bonds is 7. The van der Waals surface area contributed by atoms with Gasteiger partial charge >= 0.3 is 0 Å². The molecular weight excluding hydrogens is 216 g/mol. The highest BCUT2D eigenvalue weighted by Gasteiger charge is 2.12. The SMILES string of the molecule is CCCCN(CCO)c1ncnc(NC)c1C. The second-order valence-electron chi connectivity index (χ2n) is 3.99. The van der Waals surface area contributed by atoms with E-state index in [1.54, 1.807) is 6.33 Å². The van der Waals surface area contributed by atoms with Gasteiger partial charge in [0.05, 0.1) is 6.61 Å². The first-order chi connectivity index (χ1) is 8.24. The van der Waals surface area contributed by atoms with Gasteiger partial charge in [0, 0.05) is 25.7 Å². The van der Waals surface area contributed by atoms with Crippen LogP contribution in [0.5, 0.6) is 0 Å². The van der Waals surface area contributed by atoms with Crippen LogP contribution in [-0.4, -0.2) is 41.8 Å². The number of aliphatic hydroxyl groups is 1. The standard InChI is InChI=1S/C12H22N4O/c1-4-5-6-16(7-8-17)12-10(2)11(13-3)14-9-15-12/h9,17H,4-8H2,1-3H3,(H,13,14,15). The molecular formula is C12H22N4O. The smallest absolute Gasteiger partial charge is 0.137 e. The van der Waals surface area contributed by atoms with E-state index in [4.69, 9.17) is 5.11 Å². The molecule has 0 atom stereocenters. The number of hydrogen-bond acceptors (Lipinski definition) is 5. The van der Waals surface area contributed by atoms with Crippen molar-refractivity contribution in [2.45, 2.75) is 26.7 Å². The molecule has 0 unspecified atom stereocenters. The second kappa shape index (κ2) is 7.06. The van der Waals surface area contributed by atoms with Gasteiger partial charge in [-0.25, -0.2) is 9.97 Å². The molecule has 2 N–H and O–H groups in total. The number of anilines is 2. The Morgan fingerprint density at radius 1 is 1.35 bits per heavy atom. The number of hydrogen-bond donors (Lipinski definition) is 2. The van der Waals surface area contributed by atoms with Crippen LogP contribution in [0.3, 0.4) is 0 Å². The highest BCUT2D eigenvalue weighted by atomic mass is 16.3. The molecule has 1 heterocycles. The quantitative estimate of drug-likeness (QED) is 0.752. The van der Waals surface area contributed by atoms with E-state index in [0.717, 1.165) is 36.6 Å². The van der Waals surface area contributed by atoms with E-state index < -0.39 is 0 Å². The van der Waals surface area contributed by atoms with E-state index in [1.165, 1.54) is 0 Å². The monoisotopic (exact) mass is 238 g/mol. The van der Waals surface area contributed by atoms with E-state index in [-0.39, 0.29) is 6.61 Å². The summed E-state index contributed by atoms with van der Waals surface area (Å²) in [5.41, 5.74) is 1.03. The maximum atomic E-state index is 9.11. The highest BCUT2D eigenvalue weighted by Crippen LogP contribution is 2.21. The molecule has 1 rings (SSSR count). The minimum absolute atomic E-state index is 0.141. The van der Waals surface area contributed by atoms with Crippen LogP contribution >= 0.6 is 0 Å². The third-order valence-electron chi connectivity index (χ3n) is 2.75. The van der Waals surface area contributed by atoms with Crippen molar-refractivity contribution < 1.29 is 5.11 Å². The summed E-state index contributed by atoms with van der Waals surface area (Å²) in [4.78, 5) is 10.6. The number of unbranched alkanes of at least 4 members (excludes halogenated alkanes) is 1. The average Bonchev–Trinajstić information content (AvgIpc) is 2.35. The summed E-state index contributed by atoms with van der Waals surface area (Å²) in [6.45, 7) is 5.82. The molecule has 0 aliphatic carbocycles. The van der Waals surface area contributed by atoms with Crippen LogP contribution in [0.4, 0.5) is 11.6 Å². The molecule has 0 spiro atoms. The lowest BCUT2D eigenvalue weighted by Gasteiger charge is -2.24. The predicted molar refractivity (Wildman–Crippen MR) is 70.5 cm³/mol. The van der Waals surface area contributed by atoms with Crippen LogP contribution in [0.15, 0.2) is 6.33 Å². The lowest BCUT2D eigenvalue weighted by Crippen LogP contribution is -2.29. The highest BCUT2D eigenvalue weighted by molar-refractivity contribution is 5.57. The van der Waals surface area contributed by atoms with Crippen LogP contribution in [0.2, 0.25) is 0 Å². The maximum absolute atomic E-state index is 9.11. The van der Waals surface area contributed by atoms with Crippen LogP contribution < -0.4 is 10.2 Å². The Labute approximate surface area is 103 Å². The van der Waals surface area contributed by atoms with Gasteiger partial charge in [-0.2, -0.15) is 0 Å². The summed E-state index contributed by atoms with van der Waals surface area (Å²) in [7, 11) is 1.85. The van der Waals surface area contributed by atoms with Gasteiger partial charge in [0.15, 0.2) is 0 Å². The Morgan fingerprint density at radius 3 is 2.71 bits per heavy atom. The van der Waals surface area contributed by atoms with Crippen LogP contribution in [0.25, 0.3) is 0 Å². The largest absolute Gasteiger partial charge is 0.395 e. The fraction of sp³-hybridized carbons (Fsp3) is 0.667. The van der Waals surface area contributed by atoms with Crippen molar-refractivity contribution in [3.05, 3.63) is 11.9 Å². The van der Waals surface area contributed by atoms with E-state index in [2.05, 4.69) is 27.1 Å². The molecule has 0 saturated carbocycles. The minimum Gasteiger partial charge on any atom is -0.395 e. The molecule has 96 valence electrons. The molecule has 5 heteroatoms. The van der Waals surface area contributed by atoms with Crippen LogP contribution in [-0.2, 0) is 0 Å². The first-order valence-electron chi connectivity index (χ1n) is 6.09. The molecule has 0 aromatic carbocycles. The molecule has 0 aliphatic heterocycles. The Morgan fingerprint density at radius 2 is 2.12 bits per heavy atom. The summed E-state index contributed by atoms with van der Waals surface area (Å²) in [5, 5.41) is 12.2. The average molecular weight is 238 g/mol. The van der Waals surface area contributed by atoms with Crippen molar-refractivity contribution in [1.82, 2.24) is 9.97 Å². The lowest BCUT2D eigenvalue weighted by molar-refractivity contribution is 0.301. The third kappa shape index (κ3) is 3.56. The van der Waals surface area contributed by atoms with Crippen molar-refractivity contribution in [2.24, 2.45) is 0 Å². The minimum atomic E-state index is 0.141. The predicted octanol–water partition coefficient (Wildman–Crippen LogP) is 1.43. The zero-order valence-corrected chi connectivity index (χ0v) is 10.9. The van der Waals surface area contributed by atoms with Gasteiger partial charge in [0.1, 0.15) is 18.0 Å². The second-order valence-corrected chi connectivity index (χ2v) is 3.99. The normalized spacial score (nSPS) is 10.4. The van der Waals surface area contributed by atoms with Crippen molar-refractivity contribution in [1.29, 1.82) is 0 Å². The zero-order valence-electron chi connectivity index (χ0n) is 10.9. The number of aliphatic hydroxyl groups excluding tert-OH is 1. The van der Waals surface area contributed by atoms with Gasteiger partial charge in [0.2, 0.25) is 0 Å². The maximum Gasteiger partial charge on any atom is 0.137 e. The molecule has 0 saturated heterocycles. The Kier molecular flexibility index (Phi) is 5.69. The molecule has 1 aromatic heterocycles. The van der Waals surface area contributed by atoms with Gasteiger partial charge in [0.25, 0.3) is 0 Å². The Hall–Kier alpha value is -1.36. The number of nitrogens with one attached hydrogen (secondary N) is 1. The van der Waals surface area contributed by atoms with Crippen LogP contribution in [0, 0.1) is 6.92 Å². The molecule has 17 heavy (non-hydrogen) atoms. The molecule has 0 bridgehead atoms. The van der Waals surface area contributed by atoms with Crippen molar-refractivity contribution >= 4 is 11.6 Å². The zero-order chi connectivity index (χ0) is 12.7. The third-order valence-corrected chi connectivity index (χ3v) is 2.75. The molecule has 0 amide bonds. The Bertz CT molecular complexity index is 343. The molecule has 1 aromatic rings. The summed E-state index contributed by atoms with van der Waals surface area (Å²) in [5.74, 6) is 1.75. The van der Waals surface area contributed by atoms with Crippen molar-refractivity contribution in [3.8, 4) is 0 Å². The first kappa shape index (κ1) is 13.7. The van der Waals surface area contributed by atoms with E-state index in [9.17, 15) is 0 Å². The van der Waals surface area contributed by atoms with Crippen molar-refractivity contribution in [2.75, 3.05) is 37.0 Å². The topological polar surface area (TPSA) is 61.3 Å². The molecule has 0 fully saturated rings. The van der Waals surface area contributed by atoms with Crippen molar-refractivity contribution in [3.63, 3.8) is 0 Å². The number of aromatic nitrogens is 2. The molecule has 5 nitrogen and oxygen atoms in total. The summed E-state index contributed by atoms with van der Waals surface area (Å²) in [6.07, 6.45) is 3.79. The fourth-order valence-corrected chi connectivity index (χ4v) is 1.81. The van der Waals surface area contributed by atoms with Gasteiger partial charge in [-0.3, -0.25) is 0 Å². The summed E-state index contributed by atoms with van der Waals surface area (Å²) >= 11 is 0. The van der Waals surface area contributed by atoms with E-state index in [1.807, 2.05) is 14.0 Å². The van der Waals surface area contributed by atoms with Crippen LogP contribution in [0.1, 0.15) is 25.3 Å². The van der Waals surface area contributed by atoms with Gasteiger partial charge in [-0.05, 0) is 13.3 Å². The first-order valence-corrected chi connectivity index (χ1v) is 6.09. The summed E-state index contributed by atoms with van der Waals surface area (Å²) in [6, 6.07) is 0. The Balaban J connectivity index is 2.92. The van der Waals surface area contributed by atoms with Gasteiger partial charge in [-0.1, -0.05) is 13.3 Å². The number of nitrogens with zero attached hydrogens (tertiary/aromatic N) is 3. The van der Waals surface area contributed by atoms with E-state index >= 15 is 0 Å².